The van der Waals surface area contributed by atoms with Crippen LogP contribution in [-0.4, -0.2) is 4.98 Å². The number of hydrogen-bond donors (Lipinski definition) is 0. The van der Waals surface area contributed by atoms with E-state index in [1.54, 1.807) is 0 Å². The van der Waals surface area contributed by atoms with Crippen LogP contribution < -0.4 is 0 Å². The average Bonchev–Trinajstić information content (AvgIpc) is 3.44. The molecule has 0 bridgehead atoms. The van der Waals surface area contributed by atoms with E-state index in [1.807, 2.05) is 30.3 Å². The number of aromatic nitrogens is 1. The van der Waals surface area contributed by atoms with Crippen LogP contribution in [0.2, 0.25) is 0 Å². The van der Waals surface area contributed by atoms with Crippen molar-refractivity contribution in [2.24, 2.45) is 0 Å². The van der Waals surface area contributed by atoms with E-state index in [2.05, 4.69) is 76.2 Å². The number of nitrogens with zero attached hydrogens (tertiary/aromatic N) is 1. The van der Waals surface area contributed by atoms with Crippen molar-refractivity contribution >= 4 is 33.0 Å². The molecule has 0 N–H and O–H groups in total. The lowest BCUT2D eigenvalue weighted by atomic mass is 9.87. The van der Waals surface area contributed by atoms with Gasteiger partial charge in [0.1, 0.15) is 22.4 Å². The highest BCUT2D eigenvalue weighted by Gasteiger charge is 2.20. The number of hydrogen-bond acceptors (Lipinski definition) is 3. The molecule has 6 rings (SSSR count). The van der Waals surface area contributed by atoms with Gasteiger partial charge in [-0.3, -0.25) is 0 Å². The second-order valence-electron chi connectivity index (χ2n) is 9.59. The van der Waals surface area contributed by atoms with Crippen LogP contribution in [0.25, 0.3) is 55.6 Å². The Bertz CT molecular complexity index is 1640. The minimum absolute atomic E-state index is 0.399. The van der Waals surface area contributed by atoms with Gasteiger partial charge >= 0.3 is 0 Å². The molecule has 34 heavy (non-hydrogen) atoms. The lowest BCUT2D eigenvalue weighted by Gasteiger charge is -2.17. The van der Waals surface area contributed by atoms with E-state index in [0.29, 0.717) is 11.8 Å². The molecule has 3 heterocycles. The molecule has 3 aromatic carbocycles. The minimum atomic E-state index is 0.399. The van der Waals surface area contributed by atoms with Gasteiger partial charge in [-0.1, -0.05) is 76.2 Å². The Morgan fingerprint density at radius 2 is 1.35 bits per heavy atom. The summed E-state index contributed by atoms with van der Waals surface area (Å²) in [5.41, 5.74) is 9.09. The summed E-state index contributed by atoms with van der Waals surface area (Å²) in [6.07, 6.45) is 0. The van der Waals surface area contributed by atoms with Gasteiger partial charge < -0.3 is 8.83 Å². The van der Waals surface area contributed by atoms with Gasteiger partial charge in [-0.25, -0.2) is 4.98 Å². The first-order chi connectivity index (χ1) is 16.5. The van der Waals surface area contributed by atoms with E-state index in [0.717, 1.165) is 50.1 Å². The largest absolute Gasteiger partial charge is 0.455 e. The lowest BCUT2D eigenvalue weighted by Crippen LogP contribution is -1.98. The van der Waals surface area contributed by atoms with E-state index in [1.165, 1.54) is 16.7 Å². The molecule has 0 unspecified atom stereocenters. The van der Waals surface area contributed by atoms with Crippen molar-refractivity contribution in [2.45, 2.75) is 39.5 Å². The third-order valence-electron chi connectivity index (χ3n) is 6.67. The molecule has 0 atom stereocenters. The van der Waals surface area contributed by atoms with Crippen LogP contribution in [0.1, 0.15) is 50.7 Å². The van der Waals surface area contributed by atoms with Crippen molar-refractivity contribution in [3.8, 4) is 22.6 Å². The monoisotopic (exact) mass is 445 g/mol. The molecule has 0 aliphatic rings. The van der Waals surface area contributed by atoms with Crippen molar-refractivity contribution in [1.29, 1.82) is 0 Å². The number of fused-ring (bicyclic) bond motifs is 4. The van der Waals surface area contributed by atoms with Gasteiger partial charge in [-0.2, -0.15) is 0 Å². The van der Waals surface area contributed by atoms with Crippen LogP contribution >= 0.6 is 0 Å². The van der Waals surface area contributed by atoms with Gasteiger partial charge in [0.05, 0.1) is 5.69 Å². The van der Waals surface area contributed by atoms with Crippen LogP contribution in [0.3, 0.4) is 0 Å². The summed E-state index contributed by atoms with van der Waals surface area (Å²) in [5.74, 6) is 1.68. The molecule has 3 heteroatoms. The Hall–Kier alpha value is -3.85. The fourth-order valence-electron chi connectivity index (χ4n) is 4.98. The molecule has 0 aliphatic heterocycles. The topological polar surface area (TPSA) is 39.2 Å². The Morgan fingerprint density at radius 3 is 2.12 bits per heavy atom. The summed E-state index contributed by atoms with van der Waals surface area (Å²) in [6, 6.07) is 27.1. The molecule has 3 aromatic heterocycles. The zero-order valence-corrected chi connectivity index (χ0v) is 19.9. The van der Waals surface area contributed by atoms with Gasteiger partial charge in [-0.15, -0.1) is 0 Å². The quantitative estimate of drug-likeness (QED) is 0.271. The predicted molar refractivity (Wildman–Crippen MR) is 140 cm³/mol. The lowest BCUT2D eigenvalue weighted by molar-refractivity contribution is 0.626. The Kier molecular flexibility index (Phi) is 4.80. The van der Waals surface area contributed by atoms with E-state index in [-0.39, 0.29) is 0 Å². The zero-order valence-electron chi connectivity index (χ0n) is 19.9. The first-order valence-corrected chi connectivity index (χ1v) is 12.0. The first-order valence-electron chi connectivity index (χ1n) is 12.0. The Labute approximate surface area is 199 Å². The number of pyridine rings is 1. The molecule has 3 nitrogen and oxygen atoms in total. The third kappa shape index (κ3) is 3.23. The number of benzene rings is 3. The van der Waals surface area contributed by atoms with Crippen LogP contribution in [0, 0.1) is 0 Å². The molecular weight excluding hydrogens is 418 g/mol. The SMILES string of the molecule is CC(C)c1cccc(C(C)C)c1-c1cc2nc(-c3cccc4c3oc3ccccc34)ccc2o1. The smallest absolute Gasteiger partial charge is 0.153 e. The van der Waals surface area contributed by atoms with Gasteiger partial charge in [-0.05, 0) is 47.2 Å². The molecule has 0 spiro atoms. The van der Waals surface area contributed by atoms with E-state index >= 15 is 0 Å². The summed E-state index contributed by atoms with van der Waals surface area (Å²) in [4.78, 5) is 5.01. The van der Waals surface area contributed by atoms with Crippen LogP contribution in [0.5, 0.6) is 0 Å². The zero-order chi connectivity index (χ0) is 23.4. The van der Waals surface area contributed by atoms with E-state index in [9.17, 15) is 0 Å². The first kappa shape index (κ1) is 20.7. The van der Waals surface area contributed by atoms with Crippen LogP contribution in [0.15, 0.2) is 87.7 Å². The molecule has 0 saturated carbocycles. The highest BCUT2D eigenvalue weighted by Crippen LogP contribution is 2.40. The molecular formula is C31H27NO2. The third-order valence-corrected chi connectivity index (χ3v) is 6.67. The second kappa shape index (κ2) is 7.88. The standard InChI is InChI=1S/C31H27NO2/c1-18(2)20-10-7-11-21(19(3)4)30(20)29-17-26-28(33-29)16-15-25(32-26)24-13-8-12-23-22-9-5-6-14-27(22)34-31(23)24/h5-19H,1-4H3. The average molecular weight is 446 g/mol. The number of para-hydroxylation sites is 2. The number of rotatable bonds is 4. The highest BCUT2D eigenvalue weighted by molar-refractivity contribution is 6.09. The molecule has 0 fully saturated rings. The normalized spacial score (nSPS) is 12.1. The van der Waals surface area contributed by atoms with Gasteiger partial charge in [0.25, 0.3) is 0 Å². The Balaban J connectivity index is 1.53. The van der Waals surface area contributed by atoms with Crippen molar-refractivity contribution in [3.63, 3.8) is 0 Å². The summed E-state index contributed by atoms with van der Waals surface area (Å²) in [5, 5.41) is 2.23. The summed E-state index contributed by atoms with van der Waals surface area (Å²) in [7, 11) is 0. The fourth-order valence-corrected chi connectivity index (χ4v) is 4.98. The van der Waals surface area contributed by atoms with Crippen LogP contribution in [0.4, 0.5) is 0 Å². The maximum absolute atomic E-state index is 6.38. The van der Waals surface area contributed by atoms with E-state index in [4.69, 9.17) is 13.8 Å². The molecule has 168 valence electrons. The Morgan fingerprint density at radius 1 is 0.647 bits per heavy atom. The summed E-state index contributed by atoms with van der Waals surface area (Å²) >= 11 is 0. The minimum Gasteiger partial charge on any atom is -0.455 e. The van der Waals surface area contributed by atoms with Gasteiger partial charge in [0.2, 0.25) is 0 Å². The second-order valence-corrected chi connectivity index (χ2v) is 9.59. The van der Waals surface area contributed by atoms with Crippen molar-refractivity contribution in [3.05, 3.63) is 90.0 Å². The maximum Gasteiger partial charge on any atom is 0.153 e. The highest BCUT2D eigenvalue weighted by atomic mass is 16.3. The molecule has 0 aliphatic carbocycles. The molecule has 6 aromatic rings. The van der Waals surface area contributed by atoms with E-state index < -0.39 is 0 Å². The van der Waals surface area contributed by atoms with Crippen molar-refractivity contribution in [2.75, 3.05) is 0 Å². The molecule has 0 radical (unpaired) electrons. The van der Waals surface area contributed by atoms with Gasteiger partial charge in [0, 0.05) is 28.0 Å². The van der Waals surface area contributed by atoms with Crippen molar-refractivity contribution in [1.82, 2.24) is 4.98 Å². The summed E-state index contributed by atoms with van der Waals surface area (Å²) in [6.45, 7) is 8.93. The van der Waals surface area contributed by atoms with Gasteiger partial charge in [0.15, 0.2) is 5.58 Å². The number of furan rings is 2. The van der Waals surface area contributed by atoms with Crippen LogP contribution in [-0.2, 0) is 0 Å². The molecule has 0 saturated heterocycles. The van der Waals surface area contributed by atoms with Crippen molar-refractivity contribution < 1.29 is 8.83 Å². The maximum atomic E-state index is 6.38. The summed E-state index contributed by atoms with van der Waals surface area (Å²) < 4.78 is 12.6. The predicted octanol–water partition coefficient (Wildman–Crippen LogP) is 9.31. The fraction of sp³-hybridized carbons (Fsp3) is 0.194. The molecule has 0 amide bonds.